The zero-order valence-corrected chi connectivity index (χ0v) is 15.2. The van der Waals surface area contributed by atoms with Crippen LogP contribution in [0.1, 0.15) is 18.4 Å². The fraction of sp³-hybridized carbons (Fsp3) is 0.150. The van der Waals surface area contributed by atoms with Crippen LogP contribution in [0.15, 0.2) is 42.5 Å². The lowest BCUT2D eigenvalue weighted by Gasteiger charge is -2.14. The molecule has 1 aliphatic heterocycles. The van der Waals surface area contributed by atoms with Crippen molar-refractivity contribution in [2.24, 2.45) is 0 Å². The van der Waals surface area contributed by atoms with Crippen molar-refractivity contribution in [3.05, 3.63) is 48.0 Å². The van der Waals surface area contributed by atoms with Crippen molar-refractivity contribution in [1.29, 1.82) is 5.41 Å². The number of nitrogens with two attached hydrogens (primary N) is 1. The first kappa shape index (κ1) is 17.2. The summed E-state index contributed by atoms with van der Waals surface area (Å²) >= 11 is 1.61. The Kier molecular flexibility index (Phi) is 4.37. The van der Waals surface area contributed by atoms with E-state index in [4.69, 9.17) is 11.1 Å². The van der Waals surface area contributed by atoms with Crippen LogP contribution in [-0.2, 0) is 9.59 Å². The molecule has 0 radical (unpaired) electrons. The van der Waals surface area contributed by atoms with E-state index in [0.717, 1.165) is 20.5 Å². The van der Waals surface area contributed by atoms with Gasteiger partial charge in [0.2, 0.25) is 11.8 Å². The first-order valence-corrected chi connectivity index (χ1v) is 9.40. The van der Waals surface area contributed by atoms with E-state index in [1.54, 1.807) is 17.4 Å². The minimum absolute atomic E-state index is 0.112. The summed E-state index contributed by atoms with van der Waals surface area (Å²) < 4.78 is 1.14. The van der Waals surface area contributed by atoms with Crippen LogP contribution < -0.4 is 16.4 Å². The lowest BCUT2D eigenvalue weighted by molar-refractivity contribution is -0.122. The van der Waals surface area contributed by atoms with E-state index in [2.05, 4.69) is 16.7 Å². The molecule has 6 nitrogen and oxygen atoms in total. The lowest BCUT2D eigenvalue weighted by Crippen LogP contribution is -2.37. The highest BCUT2D eigenvalue weighted by atomic mass is 32.1. The third-order valence-corrected chi connectivity index (χ3v) is 5.79. The SMILES string of the molecule is N=Cc1cc(NC(=O)[C@@H]2CCC(=O)N2)cc(-c2cc3ccccc3s2)c1N. The van der Waals surface area contributed by atoms with Gasteiger partial charge in [0.25, 0.3) is 0 Å². The van der Waals surface area contributed by atoms with E-state index in [1.165, 1.54) is 6.21 Å². The highest BCUT2D eigenvalue weighted by molar-refractivity contribution is 7.22. The summed E-state index contributed by atoms with van der Waals surface area (Å²) in [5.74, 6) is -0.373. The third kappa shape index (κ3) is 3.29. The molecule has 1 aromatic heterocycles. The number of nitrogens with one attached hydrogen (secondary N) is 3. The molecule has 0 bridgehead atoms. The third-order valence-electron chi connectivity index (χ3n) is 4.64. The molecule has 0 unspecified atom stereocenters. The Morgan fingerprint density at radius 1 is 1.30 bits per heavy atom. The van der Waals surface area contributed by atoms with Gasteiger partial charge in [-0.2, -0.15) is 0 Å². The molecule has 136 valence electrons. The number of hydrogen-bond donors (Lipinski definition) is 4. The van der Waals surface area contributed by atoms with Gasteiger partial charge < -0.3 is 21.8 Å². The molecule has 1 atom stereocenters. The number of nitrogen functional groups attached to an aromatic ring is 1. The summed E-state index contributed by atoms with van der Waals surface area (Å²) in [5.41, 5.74) is 8.65. The second kappa shape index (κ2) is 6.85. The van der Waals surface area contributed by atoms with Gasteiger partial charge in [-0.15, -0.1) is 11.3 Å². The molecule has 0 aliphatic carbocycles. The molecule has 4 rings (SSSR count). The summed E-state index contributed by atoms with van der Waals surface area (Å²) in [6.07, 6.45) is 2.03. The highest BCUT2D eigenvalue weighted by Gasteiger charge is 2.27. The van der Waals surface area contributed by atoms with Crippen molar-refractivity contribution in [3.8, 4) is 10.4 Å². The quantitative estimate of drug-likeness (QED) is 0.413. The van der Waals surface area contributed by atoms with Gasteiger partial charge in [-0.05, 0) is 36.1 Å². The molecular formula is C20H18N4O2S. The van der Waals surface area contributed by atoms with Gasteiger partial charge in [-0.1, -0.05) is 18.2 Å². The number of benzene rings is 2. The van der Waals surface area contributed by atoms with Crippen molar-refractivity contribution in [1.82, 2.24) is 5.32 Å². The summed E-state index contributed by atoms with van der Waals surface area (Å²) in [5, 5.41) is 14.3. The zero-order valence-electron chi connectivity index (χ0n) is 14.4. The molecular weight excluding hydrogens is 360 g/mol. The van der Waals surface area contributed by atoms with E-state index in [0.29, 0.717) is 29.8 Å². The maximum atomic E-state index is 12.4. The van der Waals surface area contributed by atoms with Crippen LogP contribution in [-0.4, -0.2) is 24.1 Å². The van der Waals surface area contributed by atoms with Gasteiger partial charge in [0.15, 0.2) is 0 Å². The molecule has 1 fully saturated rings. The maximum Gasteiger partial charge on any atom is 0.246 e. The predicted octanol–water partition coefficient (Wildman–Crippen LogP) is 3.37. The number of carbonyl (C=O) groups excluding carboxylic acids is 2. The first-order valence-electron chi connectivity index (χ1n) is 8.58. The Labute approximate surface area is 159 Å². The molecule has 1 saturated heterocycles. The number of anilines is 2. The fourth-order valence-corrected chi connectivity index (χ4v) is 4.32. The second-order valence-corrected chi connectivity index (χ2v) is 7.55. The Morgan fingerprint density at radius 3 is 2.81 bits per heavy atom. The number of rotatable bonds is 4. The van der Waals surface area contributed by atoms with Gasteiger partial charge in [0, 0.05) is 44.7 Å². The molecule has 2 aromatic carbocycles. The van der Waals surface area contributed by atoms with Crippen molar-refractivity contribution >= 4 is 50.8 Å². The van der Waals surface area contributed by atoms with E-state index in [9.17, 15) is 9.59 Å². The van der Waals surface area contributed by atoms with Crippen LogP contribution in [0, 0.1) is 5.41 Å². The van der Waals surface area contributed by atoms with Crippen LogP contribution in [0.2, 0.25) is 0 Å². The predicted molar refractivity (Wildman–Crippen MR) is 109 cm³/mol. The summed E-state index contributed by atoms with van der Waals surface area (Å²) in [7, 11) is 0. The maximum absolute atomic E-state index is 12.4. The Balaban J connectivity index is 1.71. The van der Waals surface area contributed by atoms with E-state index in [-0.39, 0.29) is 11.8 Å². The molecule has 0 saturated carbocycles. The second-order valence-electron chi connectivity index (χ2n) is 6.47. The molecule has 2 heterocycles. The van der Waals surface area contributed by atoms with E-state index >= 15 is 0 Å². The molecule has 7 heteroatoms. The van der Waals surface area contributed by atoms with Gasteiger partial charge in [-0.3, -0.25) is 9.59 Å². The van der Waals surface area contributed by atoms with Crippen molar-refractivity contribution in [3.63, 3.8) is 0 Å². The first-order chi connectivity index (χ1) is 13.0. The van der Waals surface area contributed by atoms with Gasteiger partial charge in [0.1, 0.15) is 6.04 Å². The number of fused-ring (bicyclic) bond motifs is 1. The van der Waals surface area contributed by atoms with Gasteiger partial charge in [0.05, 0.1) is 0 Å². The van der Waals surface area contributed by atoms with Crippen molar-refractivity contribution in [2.45, 2.75) is 18.9 Å². The molecule has 2 amide bonds. The Morgan fingerprint density at radius 2 is 2.11 bits per heavy atom. The van der Waals surface area contributed by atoms with E-state index < -0.39 is 6.04 Å². The van der Waals surface area contributed by atoms with Crippen molar-refractivity contribution < 1.29 is 9.59 Å². The number of amides is 2. The van der Waals surface area contributed by atoms with Crippen LogP contribution >= 0.6 is 11.3 Å². The largest absolute Gasteiger partial charge is 0.398 e. The minimum atomic E-state index is -0.522. The highest BCUT2D eigenvalue weighted by Crippen LogP contribution is 2.38. The number of carbonyl (C=O) groups is 2. The average Bonchev–Trinajstić information content (AvgIpc) is 3.29. The summed E-state index contributed by atoms with van der Waals surface area (Å²) in [4.78, 5) is 24.7. The van der Waals surface area contributed by atoms with Crippen LogP contribution in [0.3, 0.4) is 0 Å². The fourth-order valence-electron chi connectivity index (χ4n) is 3.23. The Bertz CT molecular complexity index is 1040. The number of thiophene rings is 1. The average molecular weight is 378 g/mol. The lowest BCUT2D eigenvalue weighted by atomic mass is 10.0. The Hall–Kier alpha value is -3.19. The van der Waals surface area contributed by atoms with Crippen LogP contribution in [0.4, 0.5) is 11.4 Å². The summed E-state index contributed by atoms with van der Waals surface area (Å²) in [6, 6.07) is 13.1. The minimum Gasteiger partial charge on any atom is -0.398 e. The van der Waals surface area contributed by atoms with Crippen LogP contribution in [0.25, 0.3) is 20.5 Å². The number of hydrogen-bond acceptors (Lipinski definition) is 5. The molecule has 0 spiro atoms. The normalized spacial score (nSPS) is 16.3. The van der Waals surface area contributed by atoms with Crippen LogP contribution in [0.5, 0.6) is 0 Å². The molecule has 27 heavy (non-hydrogen) atoms. The molecule has 1 aliphatic rings. The molecule has 3 aromatic rings. The summed E-state index contributed by atoms with van der Waals surface area (Å²) in [6.45, 7) is 0. The topological polar surface area (TPSA) is 108 Å². The van der Waals surface area contributed by atoms with E-state index in [1.807, 2.05) is 30.3 Å². The smallest absolute Gasteiger partial charge is 0.246 e. The van der Waals surface area contributed by atoms with Gasteiger partial charge in [-0.25, -0.2) is 0 Å². The zero-order chi connectivity index (χ0) is 19.0. The van der Waals surface area contributed by atoms with Gasteiger partial charge >= 0.3 is 0 Å². The molecule has 5 N–H and O–H groups in total. The monoisotopic (exact) mass is 378 g/mol. The standard InChI is InChI=1S/C20H18N4O2S/c21-10-12-7-13(23-20(26)15-5-6-18(25)24-15)9-14(19(12)22)17-8-11-3-1-2-4-16(11)27-17/h1-4,7-10,15,21H,5-6,22H2,(H,23,26)(H,24,25)/t15-/m0/s1. The van der Waals surface area contributed by atoms with Crippen molar-refractivity contribution in [2.75, 3.05) is 11.1 Å².